The highest BCUT2D eigenvalue weighted by molar-refractivity contribution is 6.30. The van der Waals surface area contributed by atoms with Gasteiger partial charge in [-0.15, -0.1) is 0 Å². The van der Waals surface area contributed by atoms with Crippen molar-refractivity contribution >= 4 is 11.6 Å². The van der Waals surface area contributed by atoms with Gasteiger partial charge in [0.15, 0.2) is 0 Å². The Hall–Kier alpha value is -1.92. The average molecular weight is 230 g/mol. The van der Waals surface area contributed by atoms with Crippen LogP contribution in [0.2, 0.25) is 5.02 Å². The third-order valence-corrected chi connectivity index (χ3v) is 2.43. The molecular weight excluding hydrogens is 222 g/mol. The van der Waals surface area contributed by atoms with Crippen LogP contribution >= 0.6 is 11.6 Å². The van der Waals surface area contributed by atoms with Crippen molar-refractivity contribution in [3.05, 3.63) is 59.1 Å². The average Bonchev–Trinajstić information content (AvgIpc) is 2.31. The van der Waals surface area contributed by atoms with E-state index in [1.165, 1.54) is 0 Å². The van der Waals surface area contributed by atoms with Crippen LogP contribution in [0, 0.1) is 11.3 Å². The van der Waals surface area contributed by atoms with Gasteiger partial charge >= 0.3 is 0 Å². The van der Waals surface area contributed by atoms with Crippen LogP contribution in [0.5, 0.6) is 0 Å². The number of nitrogens with zero attached hydrogens (tertiary/aromatic N) is 3. The maximum absolute atomic E-state index is 9.16. The lowest BCUT2D eigenvalue weighted by atomic mass is 9.98. The number of hydrogen-bond acceptors (Lipinski definition) is 3. The Balaban J connectivity index is 2.42. The molecule has 3 nitrogen and oxygen atoms in total. The number of rotatable bonds is 2. The molecule has 0 saturated carbocycles. The first-order chi connectivity index (χ1) is 7.81. The van der Waals surface area contributed by atoms with Crippen molar-refractivity contribution in [3.8, 4) is 6.07 Å². The Morgan fingerprint density at radius 2 is 2.19 bits per heavy atom. The lowest BCUT2D eigenvalue weighted by Crippen LogP contribution is -2.01. The molecular formula is C12H8ClN3. The van der Waals surface area contributed by atoms with Gasteiger partial charge in [-0.05, 0) is 17.7 Å². The molecule has 1 atom stereocenters. The SMILES string of the molecule is N#CC(c1cccc(Cl)c1)c1cnccn1. The van der Waals surface area contributed by atoms with Gasteiger partial charge in [0.25, 0.3) is 0 Å². The number of aromatic nitrogens is 2. The van der Waals surface area contributed by atoms with E-state index in [0.29, 0.717) is 10.7 Å². The van der Waals surface area contributed by atoms with E-state index in [9.17, 15) is 0 Å². The second-order valence-corrected chi connectivity index (χ2v) is 3.68. The molecule has 1 heterocycles. The number of halogens is 1. The van der Waals surface area contributed by atoms with Crippen molar-refractivity contribution < 1.29 is 0 Å². The third kappa shape index (κ3) is 2.18. The van der Waals surface area contributed by atoms with Gasteiger partial charge in [0.05, 0.1) is 18.0 Å². The molecule has 2 rings (SSSR count). The molecule has 0 fully saturated rings. The summed E-state index contributed by atoms with van der Waals surface area (Å²) in [4.78, 5) is 8.08. The van der Waals surface area contributed by atoms with E-state index in [0.717, 1.165) is 5.56 Å². The van der Waals surface area contributed by atoms with E-state index in [4.69, 9.17) is 16.9 Å². The van der Waals surface area contributed by atoms with E-state index in [1.807, 2.05) is 12.1 Å². The summed E-state index contributed by atoms with van der Waals surface area (Å²) in [6, 6.07) is 9.42. The van der Waals surface area contributed by atoms with Gasteiger partial charge in [-0.2, -0.15) is 5.26 Å². The summed E-state index contributed by atoms with van der Waals surface area (Å²) in [5.41, 5.74) is 1.46. The summed E-state index contributed by atoms with van der Waals surface area (Å²) in [6.07, 6.45) is 4.74. The molecule has 0 bridgehead atoms. The molecule has 2 aromatic rings. The van der Waals surface area contributed by atoms with Crippen LogP contribution in [0.3, 0.4) is 0 Å². The second-order valence-electron chi connectivity index (χ2n) is 3.25. The first kappa shape index (κ1) is 10.6. The Morgan fingerprint density at radius 1 is 1.31 bits per heavy atom. The van der Waals surface area contributed by atoms with Gasteiger partial charge in [-0.25, -0.2) is 0 Å². The smallest absolute Gasteiger partial charge is 0.115 e. The Kier molecular flexibility index (Phi) is 3.13. The maximum atomic E-state index is 9.16. The third-order valence-electron chi connectivity index (χ3n) is 2.19. The van der Waals surface area contributed by atoms with E-state index in [1.54, 1.807) is 30.7 Å². The lowest BCUT2D eigenvalue weighted by molar-refractivity contribution is 0.942. The molecule has 0 radical (unpaired) electrons. The number of hydrogen-bond donors (Lipinski definition) is 0. The van der Waals surface area contributed by atoms with Crippen molar-refractivity contribution in [2.75, 3.05) is 0 Å². The van der Waals surface area contributed by atoms with Crippen LogP contribution < -0.4 is 0 Å². The van der Waals surface area contributed by atoms with Crippen molar-refractivity contribution in [1.29, 1.82) is 5.26 Å². The Bertz CT molecular complexity index is 519. The first-order valence-corrected chi connectivity index (χ1v) is 5.10. The summed E-state index contributed by atoms with van der Waals surface area (Å²) < 4.78 is 0. The van der Waals surface area contributed by atoms with Crippen molar-refractivity contribution in [2.24, 2.45) is 0 Å². The predicted molar refractivity (Wildman–Crippen MR) is 60.9 cm³/mol. The highest BCUT2D eigenvalue weighted by Gasteiger charge is 2.14. The Morgan fingerprint density at radius 3 is 2.81 bits per heavy atom. The minimum Gasteiger partial charge on any atom is -0.261 e. The van der Waals surface area contributed by atoms with Gasteiger partial charge in [0.2, 0.25) is 0 Å². The fourth-order valence-electron chi connectivity index (χ4n) is 1.46. The molecule has 16 heavy (non-hydrogen) atoms. The molecule has 0 aliphatic carbocycles. The molecule has 0 spiro atoms. The molecule has 1 aromatic heterocycles. The van der Waals surface area contributed by atoms with Gasteiger partial charge in [-0.3, -0.25) is 9.97 Å². The van der Waals surface area contributed by atoms with Gasteiger partial charge in [-0.1, -0.05) is 23.7 Å². The fourth-order valence-corrected chi connectivity index (χ4v) is 1.66. The van der Waals surface area contributed by atoms with Crippen molar-refractivity contribution in [2.45, 2.75) is 5.92 Å². The van der Waals surface area contributed by atoms with Crippen LogP contribution in [-0.4, -0.2) is 9.97 Å². The molecule has 78 valence electrons. The molecule has 1 aromatic carbocycles. The topological polar surface area (TPSA) is 49.6 Å². The lowest BCUT2D eigenvalue weighted by Gasteiger charge is -2.08. The summed E-state index contributed by atoms with van der Waals surface area (Å²) in [7, 11) is 0. The highest BCUT2D eigenvalue weighted by Crippen LogP contribution is 2.23. The maximum Gasteiger partial charge on any atom is 0.115 e. The van der Waals surface area contributed by atoms with Crippen molar-refractivity contribution in [3.63, 3.8) is 0 Å². The van der Waals surface area contributed by atoms with Crippen LogP contribution in [0.4, 0.5) is 0 Å². The van der Waals surface area contributed by atoms with E-state index >= 15 is 0 Å². The molecule has 1 unspecified atom stereocenters. The van der Waals surface area contributed by atoms with Crippen LogP contribution in [0.1, 0.15) is 17.2 Å². The predicted octanol–water partition coefficient (Wildman–Crippen LogP) is 2.79. The molecule has 0 aliphatic heterocycles. The van der Waals surface area contributed by atoms with Crippen LogP contribution in [0.15, 0.2) is 42.9 Å². The molecule has 0 amide bonds. The monoisotopic (exact) mass is 229 g/mol. The van der Waals surface area contributed by atoms with Crippen LogP contribution in [-0.2, 0) is 0 Å². The van der Waals surface area contributed by atoms with E-state index < -0.39 is 5.92 Å². The first-order valence-electron chi connectivity index (χ1n) is 4.72. The summed E-state index contributed by atoms with van der Waals surface area (Å²) in [5, 5.41) is 9.78. The van der Waals surface area contributed by atoms with Gasteiger partial charge in [0, 0.05) is 17.4 Å². The number of nitriles is 1. The zero-order valence-electron chi connectivity index (χ0n) is 8.34. The molecule has 0 saturated heterocycles. The normalized spacial score (nSPS) is 11.8. The quantitative estimate of drug-likeness (QED) is 0.796. The second kappa shape index (κ2) is 4.73. The largest absolute Gasteiger partial charge is 0.261 e. The standard InChI is InChI=1S/C12H8ClN3/c13-10-3-1-2-9(6-10)11(7-14)12-8-15-4-5-16-12/h1-6,8,11H. The van der Waals surface area contributed by atoms with Gasteiger partial charge in [0.1, 0.15) is 5.92 Å². The summed E-state index contributed by atoms with van der Waals surface area (Å²) >= 11 is 5.89. The van der Waals surface area contributed by atoms with Crippen LogP contribution in [0.25, 0.3) is 0 Å². The van der Waals surface area contributed by atoms with Crippen molar-refractivity contribution in [1.82, 2.24) is 9.97 Å². The number of benzene rings is 1. The molecule has 0 N–H and O–H groups in total. The van der Waals surface area contributed by atoms with Gasteiger partial charge < -0.3 is 0 Å². The molecule has 4 heteroatoms. The zero-order valence-corrected chi connectivity index (χ0v) is 9.09. The van der Waals surface area contributed by atoms with E-state index in [2.05, 4.69) is 16.0 Å². The molecule has 0 aliphatic rings. The summed E-state index contributed by atoms with van der Waals surface area (Å²) in [6.45, 7) is 0. The zero-order chi connectivity index (χ0) is 11.4. The minimum absolute atomic E-state index is 0.424. The Labute approximate surface area is 98.4 Å². The fraction of sp³-hybridized carbons (Fsp3) is 0.0833. The van der Waals surface area contributed by atoms with E-state index in [-0.39, 0.29) is 0 Å². The highest BCUT2D eigenvalue weighted by atomic mass is 35.5. The summed E-state index contributed by atoms with van der Waals surface area (Å²) in [5.74, 6) is -0.424. The minimum atomic E-state index is -0.424.